The molecule has 0 saturated carbocycles. The van der Waals surface area contributed by atoms with Crippen molar-refractivity contribution in [1.29, 1.82) is 0 Å². The molecule has 1 fully saturated rings. The average molecular weight is 341 g/mol. The van der Waals surface area contributed by atoms with E-state index in [1.807, 2.05) is 25.2 Å². The first-order valence-corrected chi connectivity index (χ1v) is 7.76. The van der Waals surface area contributed by atoms with Gasteiger partial charge in [0.25, 0.3) is 5.91 Å². The maximum atomic E-state index is 12.0. The number of likely N-dealkylation sites (N-methyl/N-ethyl adjacent to an activating group) is 1. The molecule has 2 unspecified atom stereocenters. The predicted octanol–water partition coefficient (Wildman–Crippen LogP) is 2.73. The Balaban J connectivity index is 2.20. The number of rotatable bonds is 5. The van der Waals surface area contributed by atoms with Crippen LogP contribution in [0.5, 0.6) is 5.75 Å². The van der Waals surface area contributed by atoms with Crippen molar-refractivity contribution in [2.75, 3.05) is 20.1 Å². The zero-order valence-corrected chi connectivity index (χ0v) is 13.7. The summed E-state index contributed by atoms with van der Waals surface area (Å²) in [5.74, 6) is 0.852. The Hall–Kier alpha value is -1.07. The van der Waals surface area contributed by atoms with E-state index in [1.54, 1.807) is 4.90 Å². The number of benzene rings is 1. The molecule has 1 N–H and O–H groups in total. The molecular formula is C15H21BrN2O2. The van der Waals surface area contributed by atoms with E-state index >= 15 is 0 Å². The van der Waals surface area contributed by atoms with Crippen LogP contribution in [0.25, 0.3) is 0 Å². The fourth-order valence-corrected chi connectivity index (χ4v) is 2.81. The van der Waals surface area contributed by atoms with E-state index in [0.717, 1.165) is 35.3 Å². The van der Waals surface area contributed by atoms with Crippen LogP contribution < -0.4 is 10.1 Å². The van der Waals surface area contributed by atoms with E-state index in [-0.39, 0.29) is 18.1 Å². The van der Waals surface area contributed by atoms with Crippen LogP contribution >= 0.6 is 15.9 Å². The van der Waals surface area contributed by atoms with E-state index in [1.165, 1.54) is 0 Å². The van der Waals surface area contributed by atoms with Crippen LogP contribution in [-0.4, -0.2) is 37.0 Å². The summed E-state index contributed by atoms with van der Waals surface area (Å²) >= 11 is 3.49. The van der Waals surface area contributed by atoms with Gasteiger partial charge < -0.3 is 15.0 Å². The van der Waals surface area contributed by atoms with Gasteiger partial charge in [0.15, 0.2) is 6.10 Å². The van der Waals surface area contributed by atoms with Gasteiger partial charge in [-0.25, -0.2) is 0 Å². The summed E-state index contributed by atoms with van der Waals surface area (Å²) in [5, 5.41) is 3.38. The van der Waals surface area contributed by atoms with Gasteiger partial charge in [0.05, 0.1) is 0 Å². The van der Waals surface area contributed by atoms with Crippen LogP contribution in [0.15, 0.2) is 22.7 Å². The maximum Gasteiger partial charge on any atom is 0.263 e. The van der Waals surface area contributed by atoms with Gasteiger partial charge in [-0.3, -0.25) is 4.79 Å². The van der Waals surface area contributed by atoms with Gasteiger partial charge in [-0.2, -0.15) is 0 Å². The predicted molar refractivity (Wildman–Crippen MR) is 82.9 cm³/mol. The van der Waals surface area contributed by atoms with Crippen molar-refractivity contribution in [2.45, 2.75) is 32.4 Å². The van der Waals surface area contributed by atoms with Crippen molar-refractivity contribution >= 4 is 21.8 Å². The number of hydrogen-bond acceptors (Lipinski definition) is 3. The highest BCUT2D eigenvalue weighted by Crippen LogP contribution is 2.30. The lowest BCUT2D eigenvalue weighted by Gasteiger charge is -2.20. The van der Waals surface area contributed by atoms with Gasteiger partial charge in [-0.05, 0) is 31.7 Å². The van der Waals surface area contributed by atoms with E-state index in [4.69, 9.17) is 4.74 Å². The second-order valence-corrected chi connectivity index (χ2v) is 6.03. The fraction of sp³-hybridized carbons (Fsp3) is 0.533. The number of amides is 1. The smallest absolute Gasteiger partial charge is 0.263 e. The van der Waals surface area contributed by atoms with Crippen molar-refractivity contribution in [1.82, 2.24) is 10.2 Å². The molecule has 5 heteroatoms. The number of carbonyl (C=O) groups excluding carboxylic acids is 1. The molecule has 4 nitrogen and oxygen atoms in total. The van der Waals surface area contributed by atoms with Gasteiger partial charge in [-0.15, -0.1) is 0 Å². The largest absolute Gasteiger partial charge is 0.480 e. The average Bonchev–Trinajstić information content (AvgIpc) is 2.73. The minimum atomic E-state index is -0.353. The monoisotopic (exact) mass is 340 g/mol. The Morgan fingerprint density at radius 3 is 2.90 bits per heavy atom. The summed E-state index contributed by atoms with van der Waals surface area (Å²) in [7, 11) is 1.81. The molecule has 1 saturated heterocycles. The molecule has 1 heterocycles. The second-order valence-electron chi connectivity index (χ2n) is 5.12. The topological polar surface area (TPSA) is 41.6 Å². The third kappa shape index (κ3) is 3.33. The molecule has 0 aromatic heterocycles. The SMILES string of the molecule is CCNC(C)c1cc(Br)ccc1OC1CCN(C)C1=O. The molecule has 0 radical (unpaired) electrons. The highest BCUT2D eigenvalue weighted by Gasteiger charge is 2.31. The third-order valence-electron chi connectivity index (χ3n) is 3.60. The van der Waals surface area contributed by atoms with Crippen LogP contribution in [0.2, 0.25) is 0 Å². The maximum absolute atomic E-state index is 12.0. The molecule has 20 heavy (non-hydrogen) atoms. The number of nitrogens with zero attached hydrogens (tertiary/aromatic N) is 1. The number of halogens is 1. The Kier molecular flexibility index (Phi) is 5.05. The van der Waals surface area contributed by atoms with Crippen LogP contribution in [0.1, 0.15) is 31.9 Å². The summed E-state index contributed by atoms with van der Waals surface area (Å²) in [5.41, 5.74) is 1.07. The van der Waals surface area contributed by atoms with Gasteiger partial charge in [0, 0.05) is 36.1 Å². The fourth-order valence-electron chi connectivity index (χ4n) is 2.43. The molecule has 2 atom stereocenters. The first-order valence-electron chi connectivity index (χ1n) is 6.97. The summed E-state index contributed by atoms with van der Waals surface area (Å²) in [6.45, 7) is 5.82. The zero-order chi connectivity index (χ0) is 14.7. The van der Waals surface area contributed by atoms with E-state index in [9.17, 15) is 4.79 Å². The lowest BCUT2D eigenvalue weighted by atomic mass is 10.1. The molecule has 110 valence electrons. The third-order valence-corrected chi connectivity index (χ3v) is 4.09. The molecule has 1 aromatic rings. The molecule has 1 aromatic carbocycles. The summed E-state index contributed by atoms with van der Waals surface area (Å²) in [6, 6.07) is 6.10. The first-order chi connectivity index (χ1) is 9.52. The zero-order valence-electron chi connectivity index (χ0n) is 12.1. The molecule has 0 aliphatic carbocycles. The van der Waals surface area contributed by atoms with Crippen molar-refractivity contribution in [3.05, 3.63) is 28.2 Å². The summed E-state index contributed by atoms with van der Waals surface area (Å²) in [6.07, 6.45) is 0.397. The highest BCUT2D eigenvalue weighted by molar-refractivity contribution is 9.10. The Morgan fingerprint density at radius 2 is 2.30 bits per heavy atom. The highest BCUT2D eigenvalue weighted by atomic mass is 79.9. The second kappa shape index (κ2) is 6.59. The lowest BCUT2D eigenvalue weighted by molar-refractivity contribution is -0.132. The van der Waals surface area contributed by atoms with E-state index in [2.05, 4.69) is 35.1 Å². The number of nitrogens with one attached hydrogen (secondary N) is 1. The lowest BCUT2D eigenvalue weighted by Crippen LogP contribution is -2.30. The van der Waals surface area contributed by atoms with Crippen LogP contribution in [-0.2, 0) is 4.79 Å². The van der Waals surface area contributed by atoms with Crippen molar-refractivity contribution < 1.29 is 9.53 Å². The number of ether oxygens (including phenoxy) is 1. The first kappa shape index (κ1) is 15.3. The van der Waals surface area contributed by atoms with Crippen LogP contribution in [0.3, 0.4) is 0 Å². The molecule has 0 spiro atoms. The molecule has 2 rings (SSSR count). The van der Waals surface area contributed by atoms with Gasteiger partial charge in [0.2, 0.25) is 0 Å². The van der Waals surface area contributed by atoms with E-state index < -0.39 is 0 Å². The molecular weight excluding hydrogens is 320 g/mol. The van der Waals surface area contributed by atoms with Gasteiger partial charge >= 0.3 is 0 Å². The van der Waals surface area contributed by atoms with Crippen molar-refractivity contribution in [3.63, 3.8) is 0 Å². The van der Waals surface area contributed by atoms with Gasteiger partial charge in [-0.1, -0.05) is 22.9 Å². The quantitative estimate of drug-likeness (QED) is 0.895. The normalized spacial score (nSPS) is 20.3. The molecule has 1 aliphatic rings. The minimum Gasteiger partial charge on any atom is -0.480 e. The Morgan fingerprint density at radius 1 is 1.55 bits per heavy atom. The molecule has 1 aliphatic heterocycles. The van der Waals surface area contributed by atoms with Gasteiger partial charge in [0.1, 0.15) is 5.75 Å². The van der Waals surface area contributed by atoms with Crippen LogP contribution in [0.4, 0.5) is 0 Å². The Bertz CT molecular complexity index is 493. The van der Waals surface area contributed by atoms with Crippen molar-refractivity contribution in [3.8, 4) is 5.75 Å². The molecule has 0 bridgehead atoms. The summed E-state index contributed by atoms with van der Waals surface area (Å²) < 4.78 is 6.97. The van der Waals surface area contributed by atoms with Crippen LogP contribution in [0, 0.1) is 0 Å². The van der Waals surface area contributed by atoms with E-state index in [0.29, 0.717) is 0 Å². The number of likely N-dealkylation sites (tertiary alicyclic amines) is 1. The standard InChI is InChI=1S/C15H21BrN2O2/c1-4-17-10(2)12-9-11(16)5-6-13(12)20-14-7-8-18(3)15(14)19/h5-6,9-10,14,17H,4,7-8H2,1-3H3. The summed E-state index contributed by atoms with van der Waals surface area (Å²) in [4.78, 5) is 13.7. The Labute approximate surface area is 128 Å². The minimum absolute atomic E-state index is 0.0648. The number of hydrogen-bond donors (Lipinski definition) is 1. The molecule has 1 amide bonds. The van der Waals surface area contributed by atoms with Crippen molar-refractivity contribution in [2.24, 2.45) is 0 Å². The number of carbonyl (C=O) groups is 1.